The summed E-state index contributed by atoms with van der Waals surface area (Å²) in [6, 6.07) is 7.71. The van der Waals surface area contributed by atoms with Gasteiger partial charge in [-0.1, -0.05) is 25.0 Å². The maximum absolute atomic E-state index is 11.9. The first-order valence-corrected chi connectivity index (χ1v) is 10.1. The molecule has 1 saturated heterocycles. The lowest BCUT2D eigenvalue weighted by Crippen LogP contribution is -2.38. The molecular formula is C21H36IN5O. The highest BCUT2D eigenvalue weighted by Crippen LogP contribution is 2.09. The number of nitrogens with zero attached hydrogens (tertiary/aromatic N) is 3. The van der Waals surface area contributed by atoms with E-state index in [1.165, 1.54) is 38.8 Å². The molecule has 158 valence electrons. The summed E-state index contributed by atoms with van der Waals surface area (Å²) in [4.78, 5) is 20.4. The fourth-order valence-corrected chi connectivity index (χ4v) is 3.30. The molecule has 7 heteroatoms. The van der Waals surface area contributed by atoms with Crippen molar-refractivity contribution in [1.82, 2.24) is 20.4 Å². The molecule has 0 unspecified atom stereocenters. The first-order valence-electron chi connectivity index (χ1n) is 10.1. The van der Waals surface area contributed by atoms with Crippen LogP contribution in [0.2, 0.25) is 0 Å². The molecule has 0 radical (unpaired) electrons. The highest BCUT2D eigenvalue weighted by Gasteiger charge is 2.09. The summed E-state index contributed by atoms with van der Waals surface area (Å²) >= 11 is 0. The van der Waals surface area contributed by atoms with Crippen LogP contribution >= 0.6 is 24.0 Å². The van der Waals surface area contributed by atoms with Gasteiger partial charge in [-0.15, -0.1) is 24.0 Å². The zero-order valence-corrected chi connectivity index (χ0v) is 19.9. The van der Waals surface area contributed by atoms with E-state index in [9.17, 15) is 4.79 Å². The van der Waals surface area contributed by atoms with Crippen LogP contribution in [0.5, 0.6) is 0 Å². The third-order valence-corrected chi connectivity index (χ3v) is 4.93. The van der Waals surface area contributed by atoms with Crippen LogP contribution in [0.1, 0.15) is 48.0 Å². The molecule has 1 aliphatic rings. The molecule has 1 fully saturated rings. The zero-order chi connectivity index (χ0) is 19.5. The Bertz CT molecular complexity index is 595. The number of aliphatic imine (C=N–C) groups is 1. The molecule has 0 aliphatic carbocycles. The number of rotatable bonds is 7. The van der Waals surface area contributed by atoms with E-state index in [0.29, 0.717) is 12.1 Å². The molecule has 1 aromatic carbocycles. The number of carbonyl (C=O) groups is 1. The largest absolute Gasteiger partial charge is 0.356 e. The Kier molecular flexibility index (Phi) is 12.1. The van der Waals surface area contributed by atoms with Crippen LogP contribution in [0.15, 0.2) is 29.3 Å². The van der Waals surface area contributed by atoms with Crippen molar-refractivity contribution in [1.29, 1.82) is 0 Å². The first kappa shape index (κ1) is 24.7. The van der Waals surface area contributed by atoms with Crippen LogP contribution in [0.3, 0.4) is 0 Å². The number of amides is 1. The lowest BCUT2D eigenvalue weighted by atomic mass is 10.1. The van der Waals surface area contributed by atoms with Gasteiger partial charge in [0.15, 0.2) is 5.96 Å². The van der Waals surface area contributed by atoms with Crippen LogP contribution in [0, 0.1) is 0 Å². The third-order valence-electron chi connectivity index (χ3n) is 4.93. The fraction of sp³-hybridized carbons (Fsp3) is 0.619. The van der Waals surface area contributed by atoms with Gasteiger partial charge >= 0.3 is 0 Å². The quantitative estimate of drug-likeness (QED) is 0.261. The van der Waals surface area contributed by atoms with Gasteiger partial charge in [0.05, 0.1) is 0 Å². The number of carbonyl (C=O) groups excluding carboxylic acids is 1. The number of nitrogens with one attached hydrogen (secondary N) is 2. The minimum atomic E-state index is 0. The van der Waals surface area contributed by atoms with E-state index in [2.05, 4.69) is 20.5 Å². The lowest BCUT2D eigenvalue weighted by Gasteiger charge is -2.20. The average Bonchev–Trinajstić information content (AvgIpc) is 2.96. The minimum absolute atomic E-state index is 0. The van der Waals surface area contributed by atoms with Gasteiger partial charge in [0, 0.05) is 39.8 Å². The summed E-state index contributed by atoms with van der Waals surface area (Å²) < 4.78 is 0. The van der Waals surface area contributed by atoms with Crippen molar-refractivity contribution in [3.63, 3.8) is 0 Å². The normalized spacial score (nSPS) is 15.3. The molecule has 0 aromatic heterocycles. The molecule has 0 saturated carbocycles. The zero-order valence-electron chi connectivity index (χ0n) is 17.5. The van der Waals surface area contributed by atoms with Crippen LogP contribution in [-0.2, 0) is 6.54 Å². The second-order valence-electron chi connectivity index (χ2n) is 7.36. The van der Waals surface area contributed by atoms with Crippen molar-refractivity contribution >= 4 is 35.8 Å². The molecule has 0 bridgehead atoms. The standard InChI is InChI=1S/C21H35N5O.HI/c1-22-21(23-13-8-16-26-14-6-4-5-7-15-26)24-17-18-9-11-19(12-10-18)20(27)25(2)3;/h9-12H,4-8,13-17H2,1-3H3,(H2,22,23,24);1H. The van der Waals surface area contributed by atoms with E-state index < -0.39 is 0 Å². The maximum Gasteiger partial charge on any atom is 0.253 e. The van der Waals surface area contributed by atoms with Crippen molar-refractivity contribution < 1.29 is 4.79 Å². The van der Waals surface area contributed by atoms with E-state index in [0.717, 1.165) is 31.0 Å². The molecule has 1 aromatic rings. The van der Waals surface area contributed by atoms with Crippen molar-refractivity contribution in [3.8, 4) is 0 Å². The van der Waals surface area contributed by atoms with Gasteiger partial charge in [0.1, 0.15) is 0 Å². The smallest absolute Gasteiger partial charge is 0.253 e. The lowest BCUT2D eigenvalue weighted by molar-refractivity contribution is 0.0827. The molecule has 2 rings (SSSR count). The predicted molar refractivity (Wildman–Crippen MR) is 128 cm³/mol. The molecule has 1 heterocycles. The number of likely N-dealkylation sites (tertiary alicyclic amines) is 1. The van der Waals surface area contributed by atoms with Gasteiger partial charge in [-0.25, -0.2) is 0 Å². The van der Waals surface area contributed by atoms with Gasteiger partial charge in [0.25, 0.3) is 5.91 Å². The molecule has 1 aliphatic heterocycles. The molecule has 2 N–H and O–H groups in total. The van der Waals surface area contributed by atoms with Crippen LogP contribution in [-0.4, -0.2) is 69.0 Å². The molecular weight excluding hydrogens is 465 g/mol. The minimum Gasteiger partial charge on any atom is -0.356 e. The second kappa shape index (κ2) is 13.8. The van der Waals surface area contributed by atoms with Crippen molar-refractivity contribution in [2.75, 3.05) is 47.3 Å². The average molecular weight is 501 g/mol. The molecule has 1 amide bonds. The molecule has 0 atom stereocenters. The van der Waals surface area contributed by atoms with E-state index in [-0.39, 0.29) is 29.9 Å². The van der Waals surface area contributed by atoms with Crippen LogP contribution in [0.25, 0.3) is 0 Å². The van der Waals surface area contributed by atoms with Crippen molar-refractivity contribution in [3.05, 3.63) is 35.4 Å². The van der Waals surface area contributed by atoms with Crippen molar-refractivity contribution in [2.45, 2.75) is 38.6 Å². The Labute approximate surface area is 187 Å². The maximum atomic E-state index is 11.9. The van der Waals surface area contributed by atoms with E-state index in [1.54, 1.807) is 26.0 Å². The molecule has 28 heavy (non-hydrogen) atoms. The third kappa shape index (κ3) is 8.77. The van der Waals surface area contributed by atoms with E-state index >= 15 is 0 Å². The number of hydrogen-bond donors (Lipinski definition) is 2. The van der Waals surface area contributed by atoms with Gasteiger partial charge in [0.2, 0.25) is 0 Å². The first-order chi connectivity index (χ1) is 13.1. The van der Waals surface area contributed by atoms with E-state index in [4.69, 9.17) is 0 Å². The van der Waals surface area contributed by atoms with Crippen molar-refractivity contribution in [2.24, 2.45) is 4.99 Å². The van der Waals surface area contributed by atoms with Crippen LogP contribution < -0.4 is 10.6 Å². The van der Waals surface area contributed by atoms with Gasteiger partial charge in [-0.3, -0.25) is 9.79 Å². The summed E-state index contributed by atoms with van der Waals surface area (Å²) in [5.74, 6) is 0.843. The summed E-state index contributed by atoms with van der Waals surface area (Å²) in [6.07, 6.45) is 6.58. The highest BCUT2D eigenvalue weighted by atomic mass is 127. The number of guanidine groups is 1. The van der Waals surface area contributed by atoms with E-state index in [1.807, 2.05) is 24.3 Å². The summed E-state index contributed by atoms with van der Waals surface area (Å²) in [5.41, 5.74) is 1.83. The second-order valence-corrected chi connectivity index (χ2v) is 7.36. The van der Waals surface area contributed by atoms with Gasteiger partial charge < -0.3 is 20.4 Å². The summed E-state index contributed by atoms with van der Waals surface area (Å²) in [7, 11) is 5.32. The number of hydrogen-bond acceptors (Lipinski definition) is 3. The topological polar surface area (TPSA) is 60.0 Å². The predicted octanol–water partition coefficient (Wildman–Crippen LogP) is 2.94. The monoisotopic (exact) mass is 501 g/mol. The Morgan fingerprint density at radius 2 is 1.71 bits per heavy atom. The Morgan fingerprint density at radius 1 is 1.07 bits per heavy atom. The van der Waals surface area contributed by atoms with Gasteiger partial charge in [-0.05, 0) is 56.6 Å². The summed E-state index contributed by atoms with van der Waals surface area (Å²) in [5, 5.41) is 6.73. The Balaban J connectivity index is 0.00000392. The summed E-state index contributed by atoms with van der Waals surface area (Å²) in [6.45, 7) is 5.26. The Hall–Kier alpha value is -1.35. The highest BCUT2D eigenvalue weighted by molar-refractivity contribution is 14.0. The van der Waals surface area contributed by atoms with Gasteiger partial charge in [-0.2, -0.15) is 0 Å². The SMILES string of the molecule is CN=C(NCCCN1CCCCCC1)NCc1ccc(C(=O)N(C)C)cc1.I. The number of halogens is 1. The fourth-order valence-electron chi connectivity index (χ4n) is 3.30. The van der Waals surface area contributed by atoms with Crippen LogP contribution in [0.4, 0.5) is 0 Å². The molecule has 0 spiro atoms. The Morgan fingerprint density at radius 3 is 2.29 bits per heavy atom. The number of benzene rings is 1. The molecule has 6 nitrogen and oxygen atoms in total.